The summed E-state index contributed by atoms with van der Waals surface area (Å²) in [4.78, 5) is 15.2. The third-order valence-corrected chi connectivity index (χ3v) is 4.00. The second-order valence-corrected chi connectivity index (χ2v) is 5.56. The molecule has 0 aliphatic rings. The SMILES string of the molecule is CCC(C)c1ccc(-c2[nH]c(=O)sc2C)cc1. The minimum atomic E-state index is 0.0171. The maximum absolute atomic E-state index is 11.3. The standard InChI is InChI=1S/C14H17NOS/c1-4-9(2)11-5-7-12(8-6-11)13-10(3)17-14(16)15-13/h5-9H,4H2,1-3H3,(H,15,16). The van der Waals surface area contributed by atoms with E-state index in [1.807, 2.05) is 6.92 Å². The summed E-state index contributed by atoms with van der Waals surface area (Å²) in [6.07, 6.45) is 1.15. The predicted molar refractivity (Wildman–Crippen MR) is 73.8 cm³/mol. The van der Waals surface area contributed by atoms with E-state index < -0.39 is 0 Å². The maximum atomic E-state index is 11.3. The van der Waals surface area contributed by atoms with Gasteiger partial charge in [0.1, 0.15) is 0 Å². The molecule has 0 aliphatic heterocycles. The molecule has 0 amide bonds. The fraction of sp³-hybridized carbons (Fsp3) is 0.357. The van der Waals surface area contributed by atoms with Crippen molar-refractivity contribution in [2.45, 2.75) is 33.1 Å². The summed E-state index contributed by atoms with van der Waals surface area (Å²) in [5, 5.41) is 0. The van der Waals surface area contributed by atoms with Crippen molar-refractivity contribution in [3.63, 3.8) is 0 Å². The summed E-state index contributed by atoms with van der Waals surface area (Å²) >= 11 is 1.27. The number of benzene rings is 1. The van der Waals surface area contributed by atoms with Crippen LogP contribution in [-0.4, -0.2) is 4.98 Å². The number of nitrogens with one attached hydrogen (secondary N) is 1. The summed E-state index contributed by atoms with van der Waals surface area (Å²) in [7, 11) is 0. The Bertz CT molecular complexity index is 550. The summed E-state index contributed by atoms with van der Waals surface area (Å²) in [6.45, 7) is 6.40. The lowest BCUT2D eigenvalue weighted by molar-refractivity contribution is 0.734. The average Bonchev–Trinajstić information content (AvgIpc) is 2.68. The van der Waals surface area contributed by atoms with Gasteiger partial charge in [0.2, 0.25) is 0 Å². The van der Waals surface area contributed by atoms with Crippen molar-refractivity contribution in [2.75, 3.05) is 0 Å². The van der Waals surface area contributed by atoms with Crippen LogP contribution in [0.5, 0.6) is 0 Å². The summed E-state index contributed by atoms with van der Waals surface area (Å²) in [5.74, 6) is 0.590. The van der Waals surface area contributed by atoms with Gasteiger partial charge in [-0.2, -0.15) is 0 Å². The summed E-state index contributed by atoms with van der Waals surface area (Å²) in [5.41, 5.74) is 3.40. The number of aromatic amines is 1. The van der Waals surface area contributed by atoms with Crippen molar-refractivity contribution in [2.24, 2.45) is 0 Å². The molecule has 1 aromatic carbocycles. The Hall–Kier alpha value is -1.35. The van der Waals surface area contributed by atoms with Crippen LogP contribution in [0.25, 0.3) is 11.3 Å². The molecule has 1 N–H and O–H groups in total. The van der Waals surface area contributed by atoms with E-state index in [1.165, 1.54) is 16.9 Å². The van der Waals surface area contributed by atoms with E-state index in [1.54, 1.807) is 0 Å². The van der Waals surface area contributed by atoms with Gasteiger partial charge >= 0.3 is 4.87 Å². The molecule has 0 aliphatic carbocycles. The molecule has 2 nitrogen and oxygen atoms in total. The van der Waals surface area contributed by atoms with E-state index in [-0.39, 0.29) is 4.87 Å². The number of hydrogen-bond donors (Lipinski definition) is 1. The zero-order valence-corrected chi connectivity index (χ0v) is 11.2. The van der Waals surface area contributed by atoms with E-state index in [4.69, 9.17) is 0 Å². The first-order chi connectivity index (χ1) is 8.11. The molecule has 1 atom stereocenters. The Morgan fingerprint density at radius 1 is 1.29 bits per heavy atom. The van der Waals surface area contributed by atoms with E-state index in [9.17, 15) is 4.79 Å². The zero-order chi connectivity index (χ0) is 12.4. The molecule has 2 aromatic rings. The van der Waals surface area contributed by atoms with Crippen LogP contribution < -0.4 is 4.87 Å². The Morgan fingerprint density at radius 2 is 1.94 bits per heavy atom. The summed E-state index contributed by atoms with van der Waals surface area (Å²) < 4.78 is 0. The lowest BCUT2D eigenvalue weighted by atomic mass is 9.97. The predicted octanol–water partition coefficient (Wildman–Crippen LogP) is 3.93. The van der Waals surface area contributed by atoms with Gasteiger partial charge in [-0.05, 0) is 30.4 Å². The van der Waals surface area contributed by atoms with E-state index >= 15 is 0 Å². The van der Waals surface area contributed by atoms with Crippen LogP contribution in [0.4, 0.5) is 0 Å². The van der Waals surface area contributed by atoms with Crippen molar-refractivity contribution in [1.29, 1.82) is 0 Å². The highest BCUT2D eigenvalue weighted by atomic mass is 32.1. The lowest BCUT2D eigenvalue weighted by Gasteiger charge is -2.09. The fourth-order valence-corrected chi connectivity index (χ4v) is 2.60. The van der Waals surface area contributed by atoms with Crippen LogP contribution >= 0.6 is 11.3 Å². The maximum Gasteiger partial charge on any atom is 0.305 e. The minimum Gasteiger partial charge on any atom is -0.312 e. The molecule has 90 valence electrons. The number of hydrogen-bond acceptors (Lipinski definition) is 2. The van der Waals surface area contributed by atoms with Gasteiger partial charge in [-0.3, -0.25) is 4.79 Å². The van der Waals surface area contributed by atoms with Gasteiger partial charge in [-0.15, -0.1) is 0 Å². The van der Waals surface area contributed by atoms with E-state index in [2.05, 4.69) is 43.1 Å². The largest absolute Gasteiger partial charge is 0.312 e. The number of aryl methyl sites for hydroxylation is 1. The topological polar surface area (TPSA) is 32.9 Å². The molecule has 0 radical (unpaired) electrons. The molecule has 0 bridgehead atoms. The Labute approximate surface area is 105 Å². The molecule has 1 unspecified atom stereocenters. The molecule has 0 saturated carbocycles. The molecule has 3 heteroatoms. The van der Waals surface area contributed by atoms with Crippen molar-refractivity contribution >= 4 is 11.3 Å². The first kappa shape index (κ1) is 12.1. The van der Waals surface area contributed by atoms with Gasteiger partial charge in [0.25, 0.3) is 0 Å². The van der Waals surface area contributed by atoms with Gasteiger partial charge in [0, 0.05) is 4.88 Å². The zero-order valence-electron chi connectivity index (χ0n) is 10.4. The Kier molecular flexibility index (Phi) is 3.48. The molecule has 1 aromatic heterocycles. The molecule has 0 saturated heterocycles. The van der Waals surface area contributed by atoms with Gasteiger partial charge in [-0.25, -0.2) is 0 Å². The quantitative estimate of drug-likeness (QED) is 0.876. The Balaban J connectivity index is 2.35. The monoisotopic (exact) mass is 247 g/mol. The second-order valence-electron chi connectivity index (χ2n) is 4.38. The molecule has 2 rings (SSSR count). The minimum absolute atomic E-state index is 0.0171. The molecule has 17 heavy (non-hydrogen) atoms. The first-order valence-corrected chi connectivity index (χ1v) is 6.73. The van der Waals surface area contributed by atoms with Gasteiger partial charge in [0.05, 0.1) is 5.69 Å². The van der Waals surface area contributed by atoms with Crippen LogP contribution in [0.2, 0.25) is 0 Å². The van der Waals surface area contributed by atoms with Crippen LogP contribution in [0.15, 0.2) is 29.1 Å². The Morgan fingerprint density at radius 3 is 2.41 bits per heavy atom. The number of thiazole rings is 1. The first-order valence-electron chi connectivity index (χ1n) is 5.92. The molecule has 0 fully saturated rings. The van der Waals surface area contributed by atoms with Crippen LogP contribution in [0, 0.1) is 6.92 Å². The van der Waals surface area contributed by atoms with Crippen molar-refractivity contribution < 1.29 is 0 Å². The molecular formula is C14H17NOS. The third kappa shape index (κ3) is 2.50. The van der Waals surface area contributed by atoms with Gasteiger partial charge in [0.15, 0.2) is 0 Å². The number of aromatic nitrogens is 1. The van der Waals surface area contributed by atoms with E-state index in [0.29, 0.717) is 5.92 Å². The van der Waals surface area contributed by atoms with Gasteiger partial charge in [-0.1, -0.05) is 49.4 Å². The van der Waals surface area contributed by atoms with Gasteiger partial charge < -0.3 is 4.98 Å². The molecule has 1 heterocycles. The van der Waals surface area contributed by atoms with Crippen molar-refractivity contribution in [3.05, 3.63) is 44.4 Å². The van der Waals surface area contributed by atoms with Crippen LogP contribution in [0.1, 0.15) is 36.6 Å². The lowest BCUT2D eigenvalue weighted by Crippen LogP contribution is -1.94. The number of H-pyrrole nitrogens is 1. The van der Waals surface area contributed by atoms with Crippen LogP contribution in [-0.2, 0) is 0 Å². The highest BCUT2D eigenvalue weighted by Gasteiger charge is 2.07. The highest BCUT2D eigenvalue weighted by molar-refractivity contribution is 7.09. The second kappa shape index (κ2) is 4.88. The van der Waals surface area contributed by atoms with Crippen molar-refractivity contribution in [1.82, 2.24) is 4.98 Å². The average molecular weight is 247 g/mol. The normalized spacial score (nSPS) is 12.6. The van der Waals surface area contributed by atoms with Crippen LogP contribution in [0.3, 0.4) is 0 Å². The molecule has 0 spiro atoms. The van der Waals surface area contributed by atoms with E-state index in [0.717, 1.165) is 22.6 Å². The molecular weight excluding hydrogens is 230 g/mol. The summed E-state index contributed by atoms with van der Waals surface area (Å²) in [6, 6.07) is 8.48. The fourth-order valence-electron chi connectivity index (χ4n) is 1.90. The van der Waals surface area contributed by atoms with Crippen molar-refractivity contribution in [3.8, 4) is 11.3 Å². The third-order valence-electron chi connectivity index (χ3n) is 3.21. The number of rotatable bonds is 3. The smallest absolute Gasteiger partial charge is 0.305 e. The highest BCUT2D eigenvalue weighted by Crippen LogP contribution is 2.25.